The van der Waals surface area contributed by atoms with E-state index in [1.165, 1.54) is 93.0 Å². The fraction of sp³-hybridized carbons (Fsp3) is 0.463. The van der Waals surface area contributed by atoms with Crippen LogP contribution >= 0.6 is 0 Å². The van der Waals surface area contributed by atoms with Crippen molar-refractivity contribution in [2.24, 2.45) is 0 Å². The first-order chi connectivity index (χ1) is 23.5. The molecular formula is C41H55NO5S. The van der Waals surface area contributed by atoms with Crippen LogP contribution in [0.1, 0.15) is 107 Å². The minimum Gasteiger partial charge on any atom is -0.497 e. The molecule has 3 aromatic carbocycles. The van der Waals surface area contributed by atoms with Gasteiger partial charge in [0.15, 0.2) is 0 Å². The molecule has 0 radical (unpaired) electrons. The van der Waals surface area contributed by atoms with Crippen LogP contribution in [0.15, 0.2) is 90.0 Å². The molecule has 0 unspecified atom stereocenters. The second-order valence-corrected chi connectivity index (χ2v) is 14.4. The van der Waals surface area contributed by atoms with Crippen molar-refractivity contribution in [2.75, 3.05) is 20.8 Å². The first kappa shape index (κ1) is 37.3. The van der Waals surface area contributed by atoms with Gasteiger partial charge in [0.25, 0.3) is 10.0 Å². The molecular weight excluding hydrogens is 619 g/mol. The first-order valence-electron chi connectivity index (χ1n) is 17.9. The summed E-state index contributed by atoms with van der Waals surface area (Å²) in [4.78, 5) is 0.210. The minimum absolute atomic E-state index is 0.210. The van der Waals surface area contributed by atoms with E-state index in [2.05, 4.69) is 36.4 Å². The summed E-state index contributed by atoms with van der Waals surface area (Å²) in [7, 11) is -0.649. The van der Waals surface area contributed by atoms with Gasteiger partial charge >= 0.3 is 0 Å². The molecule has 0 amide bonds. The number of hydrogen-bond acceptors (Lipinski definition) is 5. The Labute approximate surface area is 289 Å². The van der Waals surface area contributed by atoms with E-state index in [0.717, 1.165) is 37.0 Å². The van der Waals surface area contributed by atoms with Gasteiger partial charge in [0.2, 0.25) is 0 Å². The Balaban J connectivity index is 1.05. The van der Waals surface area contributed by atoms with Crippen LogP contribution in [0, 0.1) is 0 Å². The summed E-state index contributed by atoms with van der Waals surface area (Å²) >= 11 is 0. The van der Waals surface area contributed by atoms with Crippen LogP contribution in [0.2, 0.25) is 0 Å². The van der Waals surface area contributed by atoms with Gasteiger partial charge in [-0.15, -0.1) is 0 Å². The number of nitrogens with zero attached hydrogens (tertiary/aromatic N) is 1. The molecule has 0 saturated heterocycles. The van der Waals surface area contributed by atoms with E-state index < -0.39 is 10.0 Å². The fourth-order valence-electron chi connectivity index (χ4n) is 6.09. The van der Waals surface area contributed by atoms with E-state index in [1.54, 1.807) is 50.7 Å². The minimum atomic E-state index is -3.80. The molecule has 7 heteroatoms. The smallest absolute Gasteiger partial charge is 0.268 e. The number of aromatic nitrogens is 1. The lowest BCUT2D eigenvalue weighted by Gasteiger charge is -2.09. The van der Waals surface area contributed by atoms with E-state index in [-0.39, 0.29) is 4.90 Å². The molecule has 6 nitrogen and oxygen atoms in total. The Morgan fingerprint density at radius 2 is 1.21 bits per heavy atom. The normalized spacial score (nSPS) is 11.9. The number of allylic oxidation sites excluding steroid dienone is 1. The van der Waals surface area contributed by atoms with Crippen molar-refractivity contribution in [3.05, 3.63) is 96.2 Å². The largest absolute Gasteiger partial charge is 0.497 e. The zero-order chi connectivity index (χ0) is 33.9. The van der Waals surface area contributed by atoms with Gasteiger partial charge in [0.1, 0.15) is 11.5 Å². The van der Waals surface area contributed by atoms with E-state index in [0.29, 0.717) is 17.0 Å². The molecule has 4 rings (SSSR count). The van der Waals surface area contributed by atoms with Gasteiger partial charge < -0.3 is 14.2 Å². The quantitative estimate of drug-likeness (QED) is 0.0693. The Bertz CT molecular complexity index is 1610. The lowest BCUT2D eigenvalue weighted by molar-refractivity contribution is 0.116. The topological polar surface area (TPSA) is 66.8 Å². The number of hydrogen-bond donors (Lipinski definition) is 0. The summed E-state index contributed by atoms with van der Waals surface area (Å²) in [6.45, 7) is 1.60. The maximum Gasteiger partial charge on any atom is 0.268 e. The molecule has 0 bridgehead atoms. The third-order valence-corrected chi connectivity index (χ3v) is 10.6. The van der Waals surface area contributed by atoms with E-state index in [4.69, 9.17) is 14.2 Å². The summed E-state index contributed by atoms with van der Waals surface area (Å²) in [5, 5.41) is 0.879. The monoisotopic (exact) mass is 673 g/mol. The Hall–Kier alpha value is -3.55. The molecule has 0 N–H and O–H groups in total. The van der Waals surface area contributed by atoms with Gasteiger partial charge in [0.05, 0.1) is 31.2 Å². The van der Waals surface area contributed by atoms with Gasteiger partial charge in [-0.2, -0.15) is 0 Å². The van der Waals surface area contributed by atoms with Gasteiger partial charge in [-0.05, 0) is 61.2 Å². The second kappa shape index (κ2) is 20.7. The van der Waals surface area contributed by atoms with Crippen LogP contribution in [0.3, 0.4) is 0 Å². The van der Waals surface area contributed by atoms with Crippen molar-refractivity contribution in [2.45, 2.75) is 108 Å². The van der Waals surface area contributed by atoms with E-state index >= 15 is 0 Å². The molecule has 1 aromatic heterocycles. The highest BCUT2D eigenvalue weighted by Gasteiger charge is 2.21. The van der Waals surface area contributed by atoms with Gasteiger partial charge in [-0.3, -0.25) is 0 Å². The van der Waals surface area contributed by atoms with Crippen molar-refractivity contribution < 1.29 is 22.6 Å². The lowest BCUT2D eigenvalue weighted by Crippen LogP contribution is -2.11. The maximum absolute atomic E-state index is 13.6. The van der Waals surface area contributed by atoms with Crippen molar-refractivity contribution >= 4 is 27.0 Å². The second-order valence-electron chi connectivity index (χ2n) is 12.6. The first-order valence-corrected chi connectivity index (χ1v) is 19.3. The molecule has 0 fully saturated rings. The molecule has 48 heavy (non-hydrogen) atoms. The van der Waals surface area contributed by atoms with Crippen LogP contribution in [0.5, 0.6) is 11.5 Å². The molecule has 0 saturated carbocycles. The third-order valence-electron chi connectivity index (χ3n) is 8.94. The van der Waals surface area contributed by atoms with Crippen LogP contribution < -0.4 is 9.47 Å². The van der Waals surface area contributed by atoms with Gasteiger partial charge in [-0.25, -0.2) is 12.4 Å². The van der Waals surface area contributed by atoms with Crippen LogP contribution in [-0.4, -0.2) is 33.2 Å². The van der Waals surface area contributed by atoms with Crippen LogP contribution in [0.25, 0.3) is 17.0 Å². The van der Waals surface area contributed by atoms with Gasteiger partial charge in [0, 0.05) is 29.8 Å². The molecule has 0 aliphatic heterocycles. The summed E-state index contributed by atoms with van der Waals surface area (Å²) < 4.78 is 44.9. The molecule has 0 aliphatic rings. The number of unbranched alkanes of at least 4 members (excludes halogenated alkanes) is 14. The van der Waals surface area contributed by atoms with Crippen molar-refractivity contribution in [1.29, 1.82) is 0 Å². The average molecular weight is 674 g/mol. The average Bonchev–Trinajstić information content (AvgIpc) is 3.49. The number of fused-ring (bicyclic) bond motifs is 1. The van der Waals surface area contributed by atoms with Gasteiger partial charge in [-0.1, -0.05) is 120 Å². The predicted molar refractivity (Wildman–Crippen MR) is 198 cm³/mol. The van der Waals surface area contributed by atoms with Crippen molar-refractivity contribution in [3.63, 3.8) is 0 Å². The Morgan fingerprint density at radius 1 is 0.646 bits per heavy atom. The number of benzene rings is 3. The summed E-state index contributed by atoms with van der Waals surface area (Å²) in [6.07, 6.45) is 25.2. The SMILES string of the molecule is COc1ccc(S(=O)(=O)n2cc(/C=C\CCCCCCCCCCCCCCCCOCc3ccccc3)c3ccc(OC)cc32)cc1. The standard InChI is InChI=1S/C41H55NO5S/c1-45-37-25-28-39(29-26-37)48(43,44)42-33-36(40-30-27-38(46-2)32-41(40)42)24-20-15-13-11-9-7-5-3-4-6-8-10-12-14-16-21-31-47-34-35-22-18-17-19-23-35/h17-20,22-30,32-33H,3-16,21,31,34H2,1-2H3/b24-20-. The highest BCUT2D eigenvalue weighted by Crippen LogP contribution is 2.30. The van der Waals surface area contributed by atoms with Crippen molar-refractivity contribution in [1.82, 2.24) is 3.97 Å². The molecule has 4 aromatic rings. The van der Waals surface area contributed by atoms with E-state index in [1.807, 2.05) is 18.2 Å². The molecule has 0 atom stereocenters. The maximum atomic E-state index is 13.6. The third kappa shape index (κ3) is 11.9. The molecule has 0 aliphatic carbocycles. The number of methoxy groups -OCH3 is 2. The predicted octanol–water partition coefficient (Wildman–Crippen LogP) is 11.0. The molecule has 0 spiro atoms. The summed E-state index contributed by atoms with van der Waals surface area (Å²) in [5.74, 6) is 1.23. The zero-order valence-electron chi connectivity index (χ0n) is 29.1. The Kier molecular flexibility index (Phi) is 16.1. The number of rotatable bonds is 24. The lowest BCUT2D eigenvalue weighted by atomic mass is 10.0. The fourth-order valence-corrected chi connectivity index (χ4v) is 7.45. The Morgan fingerprint density at radius 3 is 1.81 bits per heavy atom. The zero-order valence-corrected chi connectivity index (χ0v) is 29.9. The molecule has 1 heterocycles. The van der Waals surface area contributed by atoms with Crippen LogP contribution in [0.4, 0.5) is 0 Å². The summed E-state index contributed by atoms with van der Waals surface area (Å²) in [5.41, 5.74) is 2.74. The summed E-state index contributed by atoms with van der Waals surface area (Å²) in [6, 6.07) is 22.5. The van der Waals surface area contributed by atoms with Crippen LogP contribution in [-0.2, 0) is 21.4 Å². The highest BCUT2D eigenvalue weighted by molar-refractivity contribution is 7.90. The number of ether oxygens (including phenoxy) is 3. The van der Waals surface area contributed by atoms with E-state index in [9.17, 15) is 8.42 Å². The van der Waals surface area contributed by atoms with Crippen molar-refractivity contribution in [3.8, 4) is 11.5 Å². The molecule has 260 valence electrons. The highest BCUT2D eigenvalue weighted by atomic mass is 32.2.